The Morgan fingerprint density at radius 1 is 1.32 bits per heavy atom. The predicted molar refractivity (Wildman–Crippen MR) is 86.7 cm³/mol. The van der Waals surface area contributed by atoms with Crippen molar-refractivity contribution in [1.29, 1.82) is 0 Å². The largest absolute Gasteiger partial charge is 0.466 e. The maximum Gasteiger partial charge on any atom is 0.191 e. The number of guanidine groups is 1. The summed E-state index contributed by atoms with van der Waals surface area (Å²) < 4.78 is 7.35. The van der Waals surface area contributed by atoms with Crippen molar-refractivity contribution in [3.05, 3.63) is 48.7 Å². The SMILES string of the molecule is CCNC(=NCC(C)(O)c1ccco1)NCCn1cccc1. The van der Waals surface area contributed by atoms with E-state index in [2.05, 4.69) is 20.2 Å². The highest BCUT2D eigenvalue weighted by atomic mass is 16.4. The van der Waals surface area contributed by atoms with Crippen molar-refractivity contribution in [2.24, 2.45) is 4.99 Å². The first-order valence-electron chi connectivity index (χ1n) is 7.51. The summed E-state index contributed by atoms with van der Waals surface area (Å²) in [5, 5.41) is 16.8. The van der Waals surface area contributed by atoms with Gasteiger partial charge in [-0.05, 0) is 38.1 Å². The number of aliphatic hydroxyl groups is 1. The van der Waals surface area contributed by atoms with E-state index in [1.807, 2.05) is 31.5 Å². The number of hydrogen-bond acceptors (Lipinski definition) is 3. The molecule has 0 fully saturated rings. The van der Waals surface area contributed by atoms with Crippen molar-refractivity contribution in [2.75, 3.05) is 19.6 Å². The predicted octanol–water partition coefficient (Wildman–Crippen LogP) is 1.54. The third-order valence-corrected chi connectivity index (χ3v) is 3.27. The molecule has 1 unspecified atom stereocenters. The fraction of sp³-hybridized carbons (Fsp3) is 0.438. The highest BCUT2D eigenvalue weighted by molar-refractivity contribution is 5.79. The molecule has 0 aliphatic heterocycles. The van der Waals surface area contributed by atoms with Gasteiger partial charge in [-0.15, -0.1) is 0 Å². The number of rotatable bonds is 7. The Hall–Kier alpha value is -2.21. The van der Waals surface area contributed by atoms with Crippen LogP contribution in [0.25, 0.3) is 0 Å². The molecule has 120 valence electrons. The van der Waals surface area contributed by atoms with Crippen molar-refractivity contribution >= 4 is 5.96 Å². The van der Waals surface area contributed by atoms with Gasteiger partial charge in [0.05, 0.1) is 12.8 Å². The van der Waals surface area contributed by atoms with Gasteiger partial charge in [-0.2, -0.15) is 0 Å². The molecule has 2 aromatic heterocycles. The molecule has 0 aliphatic rings. The second kappa shape index (κ2) is 7.70. The fourth-order valence-corrected chi connectivity index (χ4v) is 2.06. The van der Waals surface area contributed by atoms with Crippen molar-refractivity contribution in [3.8, 4) is 0 Å². The van der Waals surface area contributed by atoms with Gasteiger partial charge in [0.2, 0.25) is 0 Å². The lowest BCUT2D eigenvalue weighted by Gasteiger charge is -2.19. The van der Waals surface area contributed by atoms with Gasteiger partial charge >= 0.3 is 0 Å². The van der Waals surface area contributed by atoms with Crippen LogP contribution in [0.2, 0.25) is 0 Å². The van der Waals surface area contributed by atoms with Crippen molar-refractivity contribution in [2.45, 2.75) is 26.0 Å². The first kappa shape index (κ1) is 16.2. The van der Waals surface area contributed by atoms with Gasteiger partial charge in [-0.25, -0.2) is 4.99 Å². The molecule has 0 bridgehead atoms. The summed E-state index contributed by atoms with van der Waals surface area (Å²) in [7, 11) is 0. The molecule has 3 N–H and O–H groups in total. The molecule has 0 saturated carbocycles. The lowest BCUT2D eigenvalue weighted by atomic mass is 10.0. The van der Waals surface area contributed by atoms with E-state index in [1.54, 1.807) is 25.3 Å². The standard InChI is InChI=1S/C16H24N4O2/c1-3-17-15(18-8-11-20-9-4-5-10-20)19-13-16(2,21)14-7-6-12-22-14/h4-7,9-10,12,21H,3,8,11,13H2,1-2H3,(H2,17,18,19). The molecule has 2 aromatic rings. The quantitative estimate of drug-likeness (QED) is 0.536. The molecule has 0 amide bonds. The molecule has 0 spiro atoms. The molecule has 22 heavy (non-hydrogen) atoms. The minimum Gasteiger partial charge on any atom is -0.466 e. The Morgan fingerprint density at radius 3 is 2.73 bits per heavy atom. The Bertz CT molecular complexity index is 559. The van der Waals surface area contributed by atoms with E-state index in [-0.39, 0.29) is 6.54 Å². The zero-order valence-corrected chi connectivity index (χ0v) is 13.1. The average Bonchev–Trinajstić information content (AvgIpc) is 3.18. The lowest BCUT2D eigenvalue weighted by molar-refractivity contribution is 0.0437. The third-order valence-electron chi connectivity index (χ3n) is 3.27. The third kappa shape index (κ3) is 4.66. The maximum absolute atomic E-state index is 10.4. The van der Waals surface area contributed by atoms with Gasteiger partial charge in [0.25, 0.3) is 0 Å². The summed E-state index contributed by atoms with van der Waals surface area (Å²) in [5.41, 5.74) is -1.12. The lowest BCUT2D eigenvalue weighted by Crippen LogP contribution is -2.40. The van der Waals surface area contributed by atoms with E-state index in [1.165, 1.54) is 0 Å². The Balaban J connectivity index is 1.89. The Kier molecular flexibility index (Phi) is 5.66. The van der Waals surface area contributed by atoms with Gasteiger partial charge < -0.3 is 24.7 Å². The molecule has 0 aliphatic carbocycles. The second-order valence-corrected chi connectivity index (χ2v) is 5.29. The molecule has 0 aromatic carbocycles. The van der Waals surface area contributed by atoms with E-state index in [0.717, 1.165) is 19.6 Å². The number of aromatic nitrogens is 1. The second-order valence-electron chi connectivity index (χ2n) is 5.29. The van der Waals surface area contributed by atoms with E-state index in [9.17, 15) is 5.11 Å². The van der Waals surface area contributed by atoms with Crippen LogP contribution >= 0.6 is 0 Å². The smallest absolute Gasteiger partial charge is 0.191 e. The van der Waals surface area contributed by atoms with E-state index in [4.69, 9.17) is 4.42 Å². The fourth-order valence-electron chi connectivity index (χ4n) is 2.06. The van der Waals surface area contributed by atoms with Gasteiger partial charge in [0.1, 0.15) is 11.4 Å². The number of nitrogens with zero attached hydrogens (tertiary/aromatic N) is 2. The first-order chi connectivity index (χ1) is 10.6. The summed E-state index contributed by atoms with van der Waals surface area (Å²) in [6.45, 7) is 6.29. The minimum atomic E-state index is -1.12. The van der Waals surface area contributed by atoms with Crippen molar-refractivity contribution in [1.82, 2.24) is 15.2 Å². The monoisotopic (exact) mass is 304 g/mol. The number of hydrogen-bond donors (Lipinski definition) is 3. The highest BCUT2D eigenvalue weighted by Gasteiger charge is 2.25. The maximum atomic E-state index is 10.4. The van der Waals surface area contributed by atoms with E-state index in [0.29, 0.717) is 11.7 Å². The summed E-state index contributed by atoms with van der Waals surface area (Å²) in [6.07, 6.45) is 5.59. The highest BCUT2D eigenvalue weighted by Crippen LogP contribution is 2.20. The average molecular weight is 304 g/mol. The number of nitrogens with one attached hydrogen (secondary N) is 2. The van der Waals surface area contributed by atoms with Crippen LogP contribution in [0.3, 0.4) is 0 Å². The summed E-state index contributed by atoms with van der Waals surface area (Å²) in [5.74, 6) is 1.20. The summed E-state index contributed by atoms with van der Waals surface area (Å²) >= 11 is 0. The van der Waals surface area contributed by atoms with Crippen LogP contribution in [-0.2, 0) is 12.1 Å². The van der Waals surface area contributed by atoms with Crippen LogP contribution in [0.5, 0.6) is 0 Å². The molecule has 6 heteroatoms. The molecule has 0 saturated heterocycles. The van der Waals surface area contributed by atoms with Crippen LogP contribution in [-0.4, -0.2) is 35.3 Å². The zero-order valence-electron chi connectivity index (χ0n) is 13.1. The van der Waals surface area contributed by atoms with Crippen LogP contribution in [0, 0.1) is 0 Å². The number of aliphatic imine (C=N–C) groups is 1. The summed E-state index contributed by atoms with van der Waals surface area (Å²) in [4.78, 5) is 4.44. The first-order valence-corrected chi connectivity index (χ1v) is 7.51. The molecule has 2 heterocycles. The van der Waals surface area contributed by atoms with Crippen LogP contribution < -0.4 is 10.6 Å². The molecule has 2 rings (SSSR count). The van der Waals surface area contributed by atoms with Crippen molar-refractivity contribution < 1.29 is 9.52 Å². The van der Waals surface area contributed by atoms with Crippen LogP contribution in [0.1, 0.15) is 19.6 Å². The normalized spacial score (nSPS) is 14.6. The van der Waals surface area contributed by atoms with Crippen LogP contribution in [0.4, 0.5) is 0 Å². The van der Waals surface area contributed by atoms with Gasteiger partial charge in [-0.3, -0.25) is 0 Å². The topological polar surface area (TPSA) is 74.7 Å². The van der Waals surface area contributed by atoms with Crippen LogP contribution in [0.15, 0.2) is 52.3 Å². The van der Waals surface area contributed by atoms with Gasteiger partial charge in [0, 0.05) is 32.0 Å². The molecule has 1 atom stereocenters. The summed E-state index contributed by atoms with van der Waals surface area (Å²) in [6, 6.07) is 7.51. The molecule has 6 nitrogen and oxygen atoms in total. The molecular formula is C16H24N4O2. The molecule has 0 radical (unpaired) electrons. The van der Waals surface area contributed by atoms with E-state index < -0.39 is 5.60 Å². The van der Waals surface area contributed by atoms with Gasteiger partial charge in [-0.1, -0.05) is 0 Å². The number of furan rings is 1. The van der Waals surface area contributed by atoms with Crippen molar-refractivity contribution in [3.63, 3.8) is 0 Å². The molecular weight excluding hydrogens is 280 g/mol. The zero-order chi connectivity index (χ0) is 15.8. The Labute approximate surface area is 130 Å². The van der Waals surface area contributed by atoms with E-state index >= 15 is 0 Å². The minimum absolute atomic E-state index is 0.222. The Morgan fingerprint density at radius 2 is 2.09 bits per heavy atom. The van der Waals surface area contributed by atoms with Gasteiger partial charge in [0.15, 0.2) is 5.96 Å².